The van der Waals surface area contributed by atoms with Crippen molar-refractivity contribution in [2.24, 2.45) is 5.73 Å². The minimum absolute atomic E-state index is 0.116. The van der Waals surface area contributed by atoms with Gasteiger partial charge in [0, 0.05) is 30.9 Å². The van der Waals surface area contributed by atoms with Gasteiger partial charge < -0.3 is 15.8 Å². The highest BCUT2D eigenvalue weighted by Gasteiger charge is 2.07. The molecule has 0 spiro atoms. The van der Waals surface area contributed by atoms with Crippen LogP contribution in [0.3, 0.4) is 0 Å². The number of hydrogen-bond acceptors (Lipinski definition) is 4. The van der Waals surface area contributed by atoms with Crippen LogP contribution < -0.4 is 15.8 Å². The van der Waals surface area contributed by atoms with Crippen LogP contribution in [0.5, 0.6) is 5.88 Å². The maximum absolute atomic E-state index is 12.1. The third-order valence-corrected chi connectivity index (χ3v) is 3.60. The molecule has 5 nitrogen and oxygen atoms in total. The Kier molecular flexibility index (Phi) is 6.11. The fourth-order valence-corrected chi connectivity index (χ4v) is 1.99. The van der Waals surface area contributed by atoms with Gasteiger partial charge in [-0.05, 0) is 42.7 Å². The first-order valence-corrected chi connectivity index (χ1v) is 7.81. The van der Waals surface area contributed by atoms with Crippen molar-refractivity contribution in [3.63, 3.8) is 0 Å². The summed E-state index contributed by atoms with van der Waals surface area (Å²) >= 11 is 0. The number of pyridine rings is 1. The van der Waals surface area contributed by atoms with Gasteiger partial charge in [-0.25, -0.2) is 4.98 Å². The van der Waals surface area contributed by atoms with Crippen molar-refractivity contribution in [3.05, 3.63) is 59.3 Å². The van der Waals surface area contributed by atoms with Crippen molar-refractivity contribution in [3.8, 4) is 5.88 Å². The smallest absolute Gasteiger partial charge is 0.251 e. The molecule has 1 aromatic carbocycles. The van der Waals surface area contributed by atoms with E-state index in [9.17, 15) is 4.79 Å². The van der Waals surface area contributed by atoms with Gasteiger partial charge in [-0.2, -0.15) is 0 Å². The summed E-state index contributed by atoms with van der Waals surface area (Å²) in [6.45, 7) is 4.96. The second-order valence-corrected chi connectivity index (χ2v) is 5.42. The lowest BCUT2D eigenvalue weighted by atomic mass is 10.1. The van der Waals surface area contributed by atoms with Gasteiger partial charge in [0.1, 0.15) is 0 Å². The molecule has 0 aliphatic carbocycles. The van der Waals surface area contributed by atoms with E-state index in [4.69, 9.17) is 10.5 Å². The summed E-state index contributed by atoms with van der Waals surface area (Å²) in [6.07, 6.45) is 2.73. The minimum Gasteiger partial charge on any atom is -0.475 e. The van der Waals surface area contributed by atoms with E-state index in [1.54, 1.807) is 18.3 Å². The summed E-state index contributed by atoms with van der Waals surface area (Å²) in [5.41, 5.74) is 8.12. The van der Waals surface area contributed by atoms with Gasteiger partial charge in [-0.3, -0.25) is 4.79 Å². The van der Waals surface area contributed by atoms with Crippen LogP contribution in [0.25, 0.3) is 0 Å². The van der Waals surface area contributed by atoms with E-state index in [2.05, 4.69) is 17.2 Å². The quantitative estimate of drug-likeness (QED) is 0.824. The summed E-state index contributed by atoms with van der Waals surface area (Å²) < 4.78 is 5.69. The largest absolute Gasteiger partial charge is 0.475 e. The minimum atomic E-state index is -0.116. The van der Waals surface area contributed by atoms with E-state index in [-0.39, 0.29) is 12.0 Å². The maximum atomic E-state index is 12.1. The van der Waals surface area contributed by atoms with Gasteiger partial charge in [0.25, 0.3) is 5.91 Å². The molecule has 1 atom stereocenters. The molecule has 1 aromatic heterocycles. The van der Waals surface area contributed by atoms with Gasteiger partial charge in [0.2, 0.25) is 5.88 Å². The first kappa shape index (κ1) is 17.0. The second kappa shape index (κ2) is 8.29. The van der Waals surface area contributed by atoms with Crippen LogP contribution in [0.1, 0.15) is 41.8 Å². The van der Waals surface area contributed by atoms with Crippen molar-refractivity contribution in [1.29, 1.82) is 0 Å². The number of nitrogens with one attached hydrogen (secondary N) is 1. The number of benzene rings is 1. The van der Waals surface area contributed by atoms with Gasteiger partial charge in [-0.15, -0.1) is 0 Å². The highest BCUT2D eigenvalue weighted by atomic mass is 16.5. The number of ether oxygens (including phenoxy) is 1. The summed E-state index contributed by atoms with van der Waals surface area (Å²) in [5.74, 6) is 0.466. The molecule has 122 valence electrons. The van der Waals surface area contributed by atoms with Crippen molar-refractivity contribution in [2.75, 3.05) is 0 Å². The van der Waals surface area contributed by atoms with Crippen LogP contribution in [0.2, 0.25) is 0 Å². The Bertz CT molecular complexity index is 641. The Morgan fingerprint density at radius 3 is 2.65 bits per heavy atom. The van der Waals surface area contributed by atoms with Gasteiger partial charge >= 0.3 is 0 Å². The zero-order chi connectivity index (χ0) is 16.7. The fraction of sp³-hybridized carbons (Fsp3) is 0.333. The number of amides is 1. The summed E-state index contributed by atoms with van der Waals surface area (Å²) in [6, 6.07) is 11.0. The Balaban J connectivity index is 1.94. The third kappa shape index (κ3) is 5.07. The number of carbonyl (C=O) groups is 1. The van der Waals surface area contributed by atoms with E-state index in [0.717, 1.165) is 17.5 Å². The number of carbonyl (C=O) groups excluding carboxylic acids is 1. The Hall–Kier alpha value is -2.40. The van der Waals surface area contributed by atoms with E-state index < -0.39 is 0 Å². The van der Waals surface area contributed by atoms with E-state index >= 15 is 0 Å². The van der Waals surface area contributed by atoms with Crippen molar-refractivity contribution in [1.82, 2.24) is 10.3 Å². The molecule has 0 bridgehead atoms. The maximum Gasteiger partial charge on any atom is 0.251 e. The van der Waals surface area contributed by atoms with Crippen molar-refractivity contribution >= 4 is 5.91 Å². The molecule has 1 heterocycles. The lowest BCUT2D eigenvalue weighted by Gasteiger charge is -2.12. The number of rotatable bonds is 7. The van der Waals surface area contributed by atoms with Crippen LogP contribution in [0.4, 0.5) is 0 Å². The second-order valence-electron chi connectivity index (χ2n) is 5.42. The third-order valence-electron chi connectivity index (χ3n) is 3.60. The molecule has 1 unspecified atom stereocenters. The van der Waals surface area contributed by atoms with E-state index in [0.29, 0.717) is 24.5 Å². The lowest BCUT2D eigenvalue weighted by Crippen LogP contribution is -2.23. The molecular weight excluding hydrogens is 290 g/mol. The molecule has 0 saturated carbocycles. The molecule has 2 aromatic rings. The summed E-state index contributed by atoms with van der Waals surface area (Å²) in [7, 11) is 0. The van der Waals surface area contributed by atoms with Crippen LogP contribution in [-0.4, -0.2) is 17.0 Å². The molecule has 0 radical (unpaired) electrons. The zero-order valence-electron chi connectivity index (χ0n) is 13.6. The van der Waals surface area contributed by atoms with Crippen LogP contribution in [0.15, 0.2) is 42.6 Å². The Morgan fingerprint density at radius 2 is 2.00 bits per heavy atom. The predicted octanol–water partition coefficient (Wildman–Crippen LogP) is 2.65. The average molecular weight is 313 g/mol. The molecule has 0 aliphatic rings. The highest BCUT2D eigenvalue weighted by molar-refractivity contribution is 5.94. The highest BCUT2D eigenvalue weighted by Crippen LogP contribution is 2.12. The molecule has 23 heavy (non-hydrogen) atoms. The summed E-state index contributed by atoms with van der Waals surface area (Å²) in [4.78, 5) is 16.3. The Morgan fingerprint density at radius 1 is 1.26 bits per heavy atom. The standard InChI is InChI=1S/C18H23N3O2/c1-3-13(2)23-17-10-15(8-9-20-17)12-21-18(22)16-6-4-14(11-19)5-7-16/h4-10,13H,3,11-12,19H2,1-2H3,(H,21,22). The van der Waals surface area contributed by atoms with Crippen LogP contribution in [-0.2, 0) is 13.1 Å². The van der Waals surface area contributed by atoms with Gasteiger partial charge in [0.05, 0.1) is 6.10 Å². The van der Waals surface area contributed by atoms with E-state index in [1.165, 1.54) is 0 Å². The number of nitrogens with zero attached hydrogens (tertiary/aromatic N) is 1. The monoisotopic (exact) mass is 313 g/mol. The molecule has 5 heteroatoms. The number of nitrogens with two attached hydrogens (primary N) is 1. The predicted molar refractivity (Wildman–Crippen MR) is 90.1 cm³/mol. The van der Waals surface area contributed by atoms with Crippen molar-refractivity contribution in [2.45, 2.75) is 39.5 Å². The molecule has 0 saturated heterocycles. The molecule has 0 fully saturated rings. The summed E-state index contributed by atoms with van der Waals surface area (Å²) in [5, 5.41) is 2.89. The number of aromatic nitrogens is 1. The molecule has 2 rings (SSSR count). The zero-order valence-corrected chi connectivity index (χ0v) is 13.6. The first-order chi connectivity index (χ1) is 11.1. The van der Waals surface area contributed by atoms with Crippen LogP contribution >= 0.6 is 0 Å². The van der Waals surface area contributed by atoms with E-state index in [1.807, 2.05) is 31.2 Å². The molecule has 3 N–H and O–H groups in total. The molecular formula is C18H23N3O2. The number of hydrogen-bond donors (Lipinski definition) is 2. The van der Waals surface area contributed by atoms with Crippen LogP contribution in [0, 0.1) is 0 Å². The Labute approximate surface area is 136 Å². The normalized spacial score (nSPS) is 11.8. The molecule has 1 amide bonds. The average Bonchev–Trinajstić information content (AvgIpc) is 2.60. The van der Waals surface area contributed by atoms with Gasteiger partial charge in [-0.1, -0.05) is 19.1 Å². The topological polar surface area (TPSA) is 77.2 Å². The molecule has 0 aliphatic heterocycles. The lowest BCUT2D eigenvalue weighted by molar-refractivity contribution is 0.0950. The van der Waals surface area contributed by atoms with Crippen molar-refractivity contribution < 1.29 is 9.53 Å². The first-order valence-electron chi connectivity index (χ1n) is 7.81. The SMILES string of the molecule is CCC(C)Oc1cc(CNC(=O)c2ccc(CN)cc2)ccn1. The van der Waals surface area contributed by atoms with Gasteiger partial charge in [0.15, 0.2) is 0 Å². The fourth-order valence-electron chi connectivity index (χ4n) is 1.99.